The van der Waals surface area contributed by atoms with Gasteiger partial charge in [-0.2, -0.15) is 5.26 Å². The molecule has 0 radical (unpaired) electrons. The van der Waals surface area contributed by atoms with Crippen molar-refractivity contribution in [3.63, 3.8) is 0 Å². The van der Waals surface area contributed by atoms with Crippen molar-refractivity contribution >= 4 is 17.4 Å². The molecule has 1 saturated heterocycles. The number of hydrogen-bond donors (Lipinski definition) is 1. The molecule has 1 aliphatic heterocycles. The molecule has 0 bridgehead atoms. The average molecular weight is 330 g/mol. The number of anilines is 2. The molecular weight excluding hydrogens is 304 g/mol. The molecule has 0 aliphatic carbocycles. The Bertz CT molecular complexity index is 666. The summed E-state index contributed by atoms with van der Waals surface area (Å²) in [6, 6.07) is 5.64. The quantitative estimate of drug-likeness (QED) is 0.925. The third-order valence-corrected chi connectivity index (χ3v) is 4.62. The predicted molar refractivity (Wildman–Crippen MR) is 95.5 cm³/mol. The van der Waals surface area contributed by atoms with Gasteiger partial charge in [0, 0.05) is 33.4 Å². The molecule has 130 valence electrons. The molecule has 0 aromatic heterocycles. The van der Waals surface area contributed by atoms with Crippen LogP contribution >= 0.6 is 0 Å². The lowest BCUT2D eigenvalue weighted by molar-refractivity contribution is -0.0389. The number of piperidine rings is 1. The van der Waals surface area contributed by atoms with Crippen molar-refractivity contribution in [2.24, 2.45) is 0 Å². The fourth-order valence-electron chi connectivity index (χ4n) is 3.11. The van der Waals surface area contributed by atoms with E-state index in [4.69, 9.17) is 4.74 Å². The van der Waals surface area contributed by atoms with Crippen molar-refractivity contribution in [2.75, 3.05) is 44.5 Å². The zero-order chi connectivity index (χ0) is 17.9. The van der Waals surface area contributed by atoms with Gasteiger partial charge in [0.05, 0.1) is 23.4 Å². The molecule has 2 rings (SSSR count). The largest absolute Gasteiger partial charge is 0.377 e. The van der Waals surface area contributed by atoms with E-state index in [1.807, 2.05) is 38.9 Å². The fourth-order valence-corrected chi connectivity index (χ4v) is 3.11. The highest BCUT2D eigenvalue weighted by molar-refractivity contribution is 5.91. The highest BCUT2D eigenvalue weighted by Crippen LogP contribution is 2.28. The summed E-state index contributed by atoms with van der Waals surface area (Å²) in [5, 5.41) is 12.3. The van der Waals surface area contributed by atoms with Gasteiger partial charge >= 0.3 is 6.03 Å². The number of amides is 2. The van der Waals surface area contributed by atoms with Crippen molar-refractivity contribution in [1.82, 2.24) is 4.90 Å². The number of likely N-dealkylation sites (tertiary alicyclic amines) is 1. The lowest BCUT2D eigenvalue weighted by Crippen LogP contribution is -2.50. The van der Waals surface area contributed by atoms with E-state index in [1.54, 1.807) is 18.1 Å². The van der Waals surface area contributed by atoms with E-state index < -0.39 is 0 Å². The molecule has 1 N–H and O–H groups in total. The van der Waals surface area contributed by atoms with Crippen molar-refractivity contribution in [1.29, 1.82) is 5.26 Å². The Morgan fingerprint density at radius 3 is 2.75 bits per heavy atom. The number of nitrogens with zero attached hydrogens (tertiary/aromatic N) is 3. The van der Waals surface area contributed by atoms with Gasteiger partial charge in [0.2, 0.25) is 0 Å². The first-order valence-electron chi connectivity index (χ1n) is 8.13. The number of carbonyl (C=O) groups excluding carboxylic acids is 1. The van der Waals surface area contributed by atoms with E-state index in [0.717, 1.165) is 24.1 Å². The number of carbonyl (C=O) groups is 1. The van der Waals surface area contributed by atoms with E-state index in [-0.39, 0.29) is 11.6 Å². The van der Waals surface area contributed by atoms with Gasteiger partial charge in [-0.05, 0) is 44.4 Å². The van der Waals surface area contributed by atoms with E-state index >= 15 is 0 Å². The van der Waals surface area contributed by atoms with Crippen LogP contribution in [0.4, 0.5) is 16.2 Å². The minimum atomic E-state index is -0.307. The van der Waals surface area contributed by atoms with E-state index in [9.17, 15) is 10.1 Å². The molecule has 0 saturated carbocycles. The highest BCUT2D eigenvalue weighted by atomic mass is 16.5. The van der Waals surface area contributed by atoms with Gasteiger partial charge < -0.3 is 19.9 Å². The first-order chi connectivity index (χ1) is 11.3. The lowest BCUT2D eigenvalue weighted by Gasteiger charge is -2.39. The molecule has 1 aliphatic rings. The summed E-state index contributed by atoms with van der Waals surface area (Å²) < 4.78 is 5.54. The predicted octanol–water partition coefficient (Wildman–Crippen LogP) is 2.97. The minimum Gasteiger partial charge on any atom is -0.377 e. The van der Waals surface area contributed by atoms with Crippen LogP contribution in [0.15, 0.2) is 12.1 Å². The van der Waals surface area contributed by atoms with E-state index in [0.29, 0.717) is 24.3 Å². The van der Waals surface area contributed by atoms with Crippen molar-refractivity contribution in [3.8, 4) is 6.07 Å². The zero-order valence-electron chi connectivity index (χ0n) is 15.1. The maximum Gasteiger partial charge on any atom is 0.321 e. The molecule has 1 fully saturated rings. The van der Waals surface area contributed by atoms with Gasteiger partial charge in [-0.1, -0.05) is 0 Å². The Kier molecular flexibility index (Phi) is 5.35. The number of rotatable bonds is 3. The summed E-state index contributed by atoms with van der Waals surface area (Å²) in [5.74, 6) is 0. The van der Waals surface area contributed by atoms with Crippen LogP contribution in [0.5, 0.6) is 0 Å². The van der Waals surface area contributed by atoms with E-state index in [2.05, 4.69) is 11.4 Å². The molecule has 6 nitrogen and oxygen atoms in total. The molecule has 1 heterocycles. The van der Waals surface area contributed by atoms with Crippen LogP contribution in [0.2, 0.25) is 0 Å². The van der Waals surface area contributed by atoms with Crippen molar-refractivity contribution in [2.45, 2.75) is 32.3 Å². The second kappa shape index (κ2) is 7.10. The molecule has 0 spiro atoms. The Morgan fingerprint density at radius 2 is 2.17 bits per heavy atom. The highest BCUT2D eigenvalue weighted by Gasteiger charge is 2.33. The molecule has 1 atom stereocenters. The molecule has 1 aromatic carbocycles. The van der Waals surface area contributed by atoms with Crippen LogP contribution < -0.4 is 10.2 Å². The Morgan fingerprint density at radius 1 is 1.46 bits per heavy atom. The normalized spacial score (nSPS) is 20.4. The van der Waals surface area contributed by atoms with Gasteiger partial charge in [-0.25, -0.2) is 4.79 Å². The van der Waals surface area contributed by atoms with Gasteiger partial charge in [0.1, 0.15) is 6.07 Å². The molecule has 24 heavy (non-hydrogen) atoms. The third kappa shape index (κ3) is 3.80. The fraction of sp³-hybridized carbons (Fsp3) is 0.556. The number of nitriles is 1. The number of urea groups is 1. The Balaban J connectivity index is 2.20. The van der Waals surface area contributed by atoms with Gasteiger partial charge in [0.25, 0.3) is 0 Å². The molecule has 6 heteroatoms. The summed E-state index contributed by atoms with van der Waals surface area (Å²) >= 11 is 0. The number of benzene rings is 1. The summed E-state index contributed by atoms with van der Waals surface area (Å²) in [5.41, 5.74) is 2.68. The number of ether oxygens (including phenoxy) is 1. The van der Waals surface area contributed by atoms with Gasteiger partial charge in [0.15, 0.2) is 0 Å². The average Bonchev–Trinajstić information content (AvgIpc) is 2.54. The molecule has 1 aromatic rings. The molecule has 1 unspecified atom stereocenters. The molecular formula is C18H26N4O2. The summed E-state index contributed by atoms with van der Waals surface area (Å²) in [6.45, 7) is 5.23. The van der Waals surface area contributed by atoms with Gasteiger partial charge in [-0.15, -0.1) is 0 Å². The second-order valence-corrected chi connectivity index (χ2v) is 6.80. The Labute approximate surface area is 144 Å². The summed E-state index contributed by atoms with van der Waals surface area (Å²) in [6.07, 6.45) is 1.84. The number of hydrogen-bond acceptors (Lipinski definition) is 4. The Hall–Kier alpha value is -2.26. The maximum absolute atomic E-state index is 12.6. The number of methoxy groups -OCH3 is 1. The van der Waals surface area contributed by atoms with Gasteiger partial charge in [-0.3, -0.25) is 0 Å². The zero-order valence-corrected chi connectivity index (χ0v) is 15.1. The van der Waals surface area contributed by atoms with Crippen LogP contribution in [0.25, 0.3) is 0 Å². The maximum atomic E-state index is 12.6. The first-order valence-corrected chi connectivity index (χ1v) is 8.13. The number of nitrogens with one attached hydrogen (secondary N) is 1. The monoisotopic (exact) mass is 330 g/mol. The lowest BCUT2D eigenvalue weighted by atomic mass is 9.95. The SMILES string of the molecule is COC1(C)CCCN(C(=O)Nc2cc(C)c(N(C)C)cc2C#N)C1. The minimum absolute atomic E-state index is 0.188. The summed E-state index contributed by atoms with van der Waals surface area (Å²) in [4.78, 5) is 16.3. The number of aryl methyl sites for hydroxylation is 1. The first kappa shape index (κ1) is 18.1. The molecule has 2 amide bonds. The van der Waals surface area contributed by atoms with Crippen LogP contribution in [-0.2, 0) is 4.74 Å². The topological polar surface area (TPSA) is 68.6 Å². The smallest absolute Gasteiger partial charge is 0.321 e. The van der Waals surface area contributed by atoms with Crippen LogP contribution in [0.1, 0.15) is 30.9 Å². The van der Waals surface area contributed by atoms with Crippen LogP contribution in [0.3, 0.4) is 0 Å². The second-order valence-electron chi connectivity index (χ2n) is 6.80. The van der Waals surface area contributed by atoms with Crippen LogP contribution in [-0.4, -0.2) is 50.8 Å². The van der Waals surface area contributed by atoms with Crippen LogP contribution in [0, 0.1) is 18.3 Å². The third-order valence-electron chi connectivity index (χ3n) is 4.62. The van der Waals surface area contributed by atoms with E-state index in [1.165, 1.54) is 0 Å². The summed E-state index contributed by atoms with van der Waals surface area (Å²) in [7, 11) is 5.54. The van der Waals surface area contributed by atoms with Crippen molar-refractivity contribution < 1.29 is 9.53 Å². The van der Waals surface area contributed by atoms with Crippen molar-refractivity contribution in [3.05, 3.63) is 23.3 Å². The standard InChI is InChI=1S/C18H26N4O2/c1-13-9-15(14(11-19)10-16(13)21(3)4)20-17(23)22-8-6-7-18(2,12-22)24-5/h9-10H,6-8,12H2,1-5H3,(H,20,23).